The van der Waals surface area contributed by atoms with Crippen LogP contribution in [0.5, 0.6) is 0 Å². The Hall–Kier alpha value is -2.98. The van der Waals surface area contributed by atoms with E-state index in [2.05, 4.69) is 65.8 Å². The van der Waals surface area contributed by atoms with Crippen LogP contribution in [0.25, 0.3) is 0 Å². The number of amides is 2. The molecule has 0 aromatic heterocycles. The van der Waals surface area contributed by atoms with Gasteiger partial charge in [-0.15, -0.1) is 0 Å². The highest BCUT2D eigenvalue weighted by Crippen LogP contribution is 2.56. The third-order valence-electron chi connectivity index (χ3n) is 13.2. The molecule has 0 aliphatic carbocycles. The normalized spacial score (nSPS) is 24.3. The molecule has 4 atom stereocenters. The second-order valence-corrected chi connectivity index (χ2v) is 19.5. The molecule has 2 aromatic rings. The Morgan fingerprint density at radius 1 is 0.673 bits per heavy atom. The average molecular weight is 795 g/mol. The molecule has 2 unspecified atom stereocenters. The summed E-state index contributed by atoms with van der Waals surface area (Å²) < 4.78 is 11.3. The first-order valence-corrected chi connectivity index (χ1v) is 22.2. The largest absolute Gasteiger partial charge is 0.465 e. The zero-order chi connectivity index (χ0) is 40.7. The van der Waals surface area contributed by atoms with Gasteiger partial charge in [0.2, 0.25) is 11.8 Å². The smallest absolute Gasteiger partial charge is 0.323 e. The summed E-state index contributed by atoms with van der Waals surface area (Å²) in [6.45, 7) is 21.7. The van der Waals surface area contributed by atoms with Crippen molar-refractivity contribution in [2.45, 2.75) is 142 Å². The zero-order valence-electron chi connectivity index (χ0n) is 35.1. The number of hydrogen-bond donors (Lipinski definition) is 0. The van der Waals surface area contributed by atoms with Crippen LogP contribution in [0.4, 0.5) is 0 Å². The van der Waals surface area contributed by atoms with Crippen molar-refractivity contribution in [3.63, 3.8) is 0 Å². The topological polar surface area (TPSA) is 93.2 Å². The first-order valence-electron chi connectivity index (χ1n) is 20.1. The zero-order valence-corrected chi connectivity index (χ0v) is 36.7. The molecule has 2 fully saturated rings. The summed E-state index contributed by atoms with van der Waals surface area (Å²) in [5.74, 6) is 0.754. The van der Waals surface area contributed by atoms with Gasteiger partial charge in [-0.1, -0.05) is 101 Å². The Morgan fingerprint density at radius 2 is 1.11 bits per heavy atom. The molecule has 2 heterocycles. The fourth-order valence-electron chi connectivity index (χ4n) is 8.93. The van der Waals surface area contributed by atoms with Gasteiger partial charge in [0.05, 0.1) is 24.3 Å². The van der Waals surface area contributed by atoms with E-state index in [0.29, 0.717) is 38.8 Å². The van der Waals surface area contributed by atoms with E-state index in [1.165, 1.54) is 0 Å². The van der Waals surface area contributed by atoms with E-state index in [0.717, 1.165) is 35.5 Å². The predicted molar refractivity (Wildman–Crippen MR) is 226 cm³/mol. The molecule has 0 N–H and O–H groups in total. The van der Waals surface area contributed by atoms with Crippen molar-refractivity contribution in [3.8, 4) is 0 Å². The lowest BCUT2D eigenvalue weighted by Gasteiger charge is -2.50. The van der Waals surface area contributed by atoms with E-state index in [9.17, 15) is 19.2 Å². The fraction of sp³-hybridized carbons (Fsp3) is 0.644. The third kappa shape index (κ3) is 9.27. The van der Waals surface area contributed by atoms with Crippen LogP contribution in [0.2, 0.25) is 0 Å². The van der Waals surface area contributed by atoms with Gasteiger partial charge >= 0.3 is 11.9 Å². The summed E-state index contributed by atoms with van der Waals surface area (Å²) in [6, 6.07) is 20.2. The fourth-order valence-corrected chi connectivity index (χ4v) is 13.0. The number of hydrogen-bond acceptors (Lipinski definition) is 8. The van der Waals surface area contributed by atoms with Crippen molar-refractivity contribution in [2.24, 2.45) is 16.2 Å². The summed E-state index contributed by atoms with van der Waals surface area (Å²) in [5.41, 5.74) is -0.500. The lowest BCUT2D eigenvalue weighted by Crippen LogP contribution is -2.60. The van der Waals surface area contributed by atoms with Crippen molar-refractivity contribution < 1.29 is 28.7 Å². The quantitative estimate of drug-likeness (QED) is 0.109. The average Bonchev–Trinajstić information content (AvgIpc) is 3.51. The molecule has 304 valence electrons. The first-order chi connectivity index (χ1) is 25.9. The third-order valence-corrected chi connectivity index (χ3v) is 17.1. The van der Waals surface area contributed by atoms with Crippen LogP contribution in [-0.2, 0) is 41.7 Å². The van der Waals surface area contributed by atoms with Gasteiger partial charge in [-0.25, -0.2) is 0 Å². The molecule has 2 aliphatic rings. The van der Waals surface area contributed by atoms with Crippen LogP contribution in [0.15, 0.2) is 60.7 Å². The maximum Gasteiger partial charge on any atom is 0.323 e. The second-order valence-electron chi connectivity index (χ2n) is 17.1. The Morgan fingerprint density at radius 3 is 1.56 bits per heavy atom. The molecule has 2 aliphatic heterocycles. The van der Waals surface area contributed by atoms with Crippen molar-refractivity contribution in [2.75, 3.05) is 24.7 Å². The minimum Gasteiger partial charge on any atom is -0.465 e. The molecule has 0 bridgehead atoms. The highest BCUT2D eigenvalue weighted by atomic mass is 32.2. The number of carbonyl (C=O) groups excluding carboxylic acids is 4. The Bertz CT molecular complexity index is 1600. The van der Waals surface area contributed by atoms with Gasteiger partial charge in [0, 0.05) is 54.4 Å². The molecular formula is C45H66N2O6S2. The molecule has 8 nitrogen and oxygen atoms in total. The Labute approximate surface area is 339 Å². The molecule has 4 rings (SSSR count). The minimum absolute atomic E-state index is 0.0367. The Balaban J connectivity index is 1.54. The molecule has 0 radical (unpaired) electrons. The SMILES string of the molecule is CCOC(=O)C(CCCC1SC[C@](C)(N(Cc2ccccc2)C(C)=O)C1(C)C)(CCCC1SCC(C)(C)[C@@]1(C)N(Cc1ccccc1)C(C)=O)C(=O)OCC. The van der Waals surface area contributed by atoms with E-state index >= 15 is 0 Å². The van der Waals surface area contributed by atoms with Crippen molar-refractivity contribution in [1.29, 1.82) is 0 Å². The summed E-state index contributed by atoms with van der Waals surface area (Å²) >= 11 is 3.76. The van der Waals surface area contributed by atoms with E-state index in [1.54, 1.807) is 27.7 Å². The molecule has 2 aromatic carbocycles. The van der Waals surface area contributed by atoms with Gasteiger partial charge in [0.25, 0.3) is 0 Å². The predicted octanol–water partition coefficient (Wildman–Crippen LogP) is 9.34. The summed E-state index contributed by atoms with van der Waals surface area (Å²) in [5, 5.41) is 0.308. The molecule has 2 saturated heterocycles. The van der Waals surface area contributed by atoms with Gasteiger partial charge in [-0.2, -0.15) is 23.5 Å². The molecule has 55 heavy (non-hydrogen) atoms. The monoisotopic (exact) mass is 794 g/mol. The van der Waals surface area contributed by atoms with Crippen LogP contribution in [-0.4, -0.2) is 79.8 Å². The van der Waals surface area contributed by atoms with Gasteiger partial charge in [-0.3, -0.25) is 19.2 Å². The van der Waals surface area contributed by atoms with Gasteiger partial charge in [-0.05, 0) is 69.9 Å². The van der Waals surface area contributed by atoms with Crippen molar-refractivity contribution in [3.05, 3.63) is 71.8 Å². The van der Waals surface area contributed by atoms with E-state index in [4.69, 9.17) is 9.47 Å². The van der Waals surface area contributed by atoms with Crippen LogP contribution in [0.1, 0.15) is 119 Å². The minimum atomic E-state index is -1.43. The lowest BCUT2D eigenvalue weighted by atomic mass is 9.69. The van der Waals surface area contributed by atoms with Crippen LogP contribution in [0.3, 0.4) is 0 Å². The number of nitrogens with zero attached hydrogens (tertiary/aromatic N) is 2. The van der Waals surface area contributed by atoms with Gasteiger partial charge in [0.15, 0.2) is 5.41 Å². The number of ether oxygens (including phenoxy) is 2. The maximum atomic E-state index is 14.0. The molecule has 0 spiro atoms. The standard InChI is InChI=1S/C45H66N2O6S2/c1-11-52-39(50)45(40(51)53-12-2,27-19-25-37-42(7,8)43(9,32-55-37)46(33(3)48)29-35-21-15-13-16-22-35)28-20-26-38-44(10,41(5,6)31-54-38)47(34(4)49)30-36-23-17-14-18-24-36/h13-18,21-24,37-38H,11-12,19-20,25-32H2,1-10H3/t37?,38?,43-,44-/m0/s1. The summed E-state index contributed by atoms with van der Waals surface area (Å²) in [7, 11) is 0. The van der Waals surface area contributed by atoms with Crippen LogP contribution >= 0.6 is 23.5 Å². The second kappa shape index (κ2) is 18.5. The molecular weight excluding hydrogens is 729 g/mol. The van der Waals surface area contributed by atoms with E-state index in [-0.39, 0.29) is 46.4 Å². The molecule has 10 heteroatoms. The molecule has 0 saturated carbocycles. The number of carbonyl (C=O) groups is 4. The number of benzene rings is 2. The van der Waals surface area contributed by atoms with Crippen LogP contribution in [0, 0.1) is 16.2 Å². The number of rotatable bonds is 18. The maximum absolute atomic E-state index is 14.0. The Kier molecular flexibility index (Phi) is 15.1. The summed E-state index contributed by atoms with van der Waals surface area (Å²) in [6.07, 6.45) is 3.38. The van der Waals surface area contributed by atoms with Gasteiger partial charge in [0.1, 0.15) is 0 Å². The van der Waals surface area contributed by atoms with Crippen molar-refractivity contribution in [1.82, 2.24) is 9.80 Å². The van der Waals surface area contributed by atoms with Gasteiger partial charge < -0.3 is 19.3 Å². The summed E-state index contributed by atoms with van der Waals surface area (Å²) in [4.78, 5) is 58.6. The van der Waals surface area contributed by atoms with Crippen molar-refractivity contribution >= 4 is 47.3 Å². The highest BCUT2D eigenvalue weighted by Gasteiger charge is 2.58. The van der Waals surface area contributed by atoms with Crippen LogP contribution < -0.4 is 0 Å². The lowest BCUT2D eigenvalue weighted by molar-refractivity contribution is -0.173. The molecule has 2 amide bonds. The van der Waals surface area contributed by atoms with E-state index < -0.39 is 28.4 Å². The van der Waals surface area contributed by atoms with E-state index in [1.807, 2.05) is 69.7 Å². The first kappa shape index (κ1) is 44.7. The number of esters is 2. The highest BCUT2D eigenvalue weighted by molar-refractivity contribution is 8.00. The number of thioether (sulfide) groups is 2.